The molecule has 8 nitrogen and oxygen atoms in total. The predicted octanol–water partition coefficient (Wildman–Crippen LogP) is 2.32. The predicted molar refractivity (Wildman–Crippen MR) is 102 cm³/mol. The van der Waals surface area contributed by atoms with Gasteiger partial charge in [0.1, 0.15) is 5.82 Å². The maximum Gasteiger partial charge on any atom is 0.276 e. The van der Waals surface area contributed by atoms with Gasteiger partial charge in [-0.3, -0.25) is 10.1 Å². The van der Waals surface area contributed by atoms with E-state index in [1.165, 1.54) is 19.2 Å². The van der Waals surface area contributed by atoms with Crippen LogP contribution in [0.1, 0.15) is 41.9 Å². The number of nitrogens with one attached hydrogen (secondary N) is 2. The van der Waals surface area contributed by atoms with Crippen molar-refractivity contribution in [1.82, 2.24) is 15.5 Å². The molecular weight excluding hydrogens is 403 g/mol. The standard InChI is InChI=1S/C19H22F3N5O3/c1-9-17(23)25-19(2,8-30-9)12-6-10(4-5-13(12)20)24-18(28)15-11(16(21)22)7-14(29-3)26-27-15/h4-7,9,16-17,25H,8,23H2,1-3H3,(H,24,28)/t9-,17?,19+/m1/s1. The van der Waals surface area contributed by atoms with Crippen LogP contribution in [-0.2, 0) is 10.3 Å². The summed E-state index contributed by atoms with van der Waals surface area (Å²) in [5, 5.41) is 12.7. The van der Waals surface area contributed by atoms with Crippen molar-refractivity contribution in [3.05, 3.63) is 46.9 Å². The number of ether oxygens (including phenoxy) is 2. The fraction of sp³-hybridized carbons (Fsp3) is 0.421. The Morgan fingerprint density at radius 3 is 2.77 bits per heavy atom. The number of morpholine rings is 1. The van der Waals surface area contributed by atoms with E-state index in [9.17, 15) is 18.0 Å². The van der Waals surface area contributed by atoms with Gasteiger partial charge in [0.05, 0.1) is 37.1 Å². The van der Waals surface area contributed by atoms with E-state index in [2.05, 4.69) is 20.8 Å². The molecule has 30 heavy (non-hydrogen) atoms. The van der Waals surface area contributed by atoms with Crippen LogP contribution >= 0.6 is 0 Å². The van der Waals surface area contributed by atoms with Crippen LogP contribution in [0.3, 0.4) is 0 Å². The second-order valence-electron chi connectivity index (χ2n) is 7.16. The van der Waals surface area contributed by atoms with Crippen LogP contribution in [0.5, 0.6) is 5.88 Å². The van der Waals surface area contributed by atoms with E-state index in [4.69, 9.17) is 15.2 Å². The fourth-order valence-corrected chi connectivity index (χ4v) is 3.13. The number of nitrogens with two attached hydrogens (primary N) is 1. The quantitative estimate of drug-likeness (QED) is 0.674. The van der Waals surface area contributed by atoms with Crippen molar-refractivity contribution in [2.75, 3.05) is 19.0 Å². The summed E-state index contributed by atoms with van der Waals surface area (Å²) in [5.41, 5.74) is 4.23. The molecule has 1 saturated heterocycles. The number of hydrogen-bond donors (Lipinski definition) is 3. The Labute approximate surface area is 170 Å². The third-order valence-corrected chi connectivity index (χ3v) is 4.90. The lowest BCUT2D eigenvalue weighted by atomic mass is 9.89. The van der Waals surface area contributed by atoms with Crippen LogP contribution in [0.2, 0.25) is 0 Å². The minimum Gasteiger partial charge on any atom is -0.480 e. The molecule has 2 heterocycles. The molecule has 1 unspecified atom stereocenters. The summed E-state index contributed by atoms with van der Waals surface area (Å²) < 4.78 is 51.6. The lowest BCUT2D eigenvalue weighted by Crippen LogP contribution is -2.62. The van der Waals surface area contributed by atoms with Gasteiger partial charge in [-0.25, -0.2) is 13.2 Å². The summed E-state index contributed by atoms with van der Waals surface area (Å²) >= 11 is 0. The highest BCUT2D eigenvalue weighted by molar-refractivity contribution is 6.03. The molecule has 0 saturated carbocycles. The van der Waals surface area contributed by atoms with E-state index < -0.39 is 41.1 Å². The summed E-state index contributed by atoms with van der Waals surface area (Å²) in [5.74, 6) is -1.60. The summed E-state index contributed by atoms with van der Waals surface area (Å²) in [4.78, 5) is 12.5. The number of methoxy groups -OCH3 is 1. The normalized spacial score (nSPS) is 24.0. The molecule has 4 N–H and O–H groups in total. The number of benzene rings is 1. The molecule has 162 valence electrons. The fourth-order valence-electron chi connectivity index (χ4n) is 3.13. The Morgan fingerprint density at radius 2 is 2.13 bits per heavy atom. The van der Waals surface area contributed by atoms with E-state index in [0.717, 1.165) is 12.1 Å². The number of nitrogens with zero attached hydrogens (tertiary/aromatic N) is 2. The SMILES string of the molecule is COc1cc(C(F)F)c(C(=O)Nc2ccc(F)c([C@]3(C)CO[C@H](C)C(N)N3)c2)nn1. The summed E-state index contributed by atoms with van der Waals surface area (Å²) in [6.07, 6.45) is -3.75. The minimum atomic E-state index is -2.97. The van der Waals surface area contributed by atoms with Gasteiger partial charge in [0.2, 0.25) is 5.88 Å². The van der Waals surface area contributed by atoms with Crippen molar-refractivity contribution in [3.63, 3.8) is 0 Å². The number of hydrogen-bond acceptors (Lipinski definition) is 7. The zero-order valence-electron chi connectivity index (χ0n) is 16.6. The van der Waals surface area contributed by atoms with Crippen molar-refractivity contribution in [2.24, 2.45) is 5.73 Å². The van der Waals surface area contributed by atoms with Gasteiger partial charge in [-0.15, -0.1) is 10.2 Å². The molecule has 0 bridgehead atoms. The van der Waals surface area contributed by atoms with Crippen LogP contribution < -0.4 is 21.1 Å². The first-order chi connectivity index (χ1) is 14.1. The van der Waals surface area contributed by atoms with E-state index in [0.29, 0.717) is 0 Å². The molecule has 1 aliphatic heterocycles. The van der Waals surface area contributed by atoms with Crippen molar-refractivity contribution >= 4 is 11.6 Å². The zero-order chi connectivity index (χ0) is 22.1. The highest BCUT2D eigenvalue weighted by Gasteiger charge is 2.38. The first kappa shape index (κ1) is 21.9. The van der Waals surface area contributed by atoms with Gasteiger partial charge in [-0.2, -0.15) is 0 Å². The highest BCUT2D eigenvalue weighted by Crippen LogP contribution is 2.31. The van der Waals surface area contributed by atoms with Crippen molar-refractivity contribution in [3.8, 4) is 5.88 Å². The molecule has 1 amide bonds. The molecule has 3 rings (SSSR count). The van der Waals surface area contributed by atoms with Gasteiger partial charge in [-0.05, 0) is 32.0 Å². The molecule has 2 aromatic rings. The molecule has 1 aromatic heterocycles. The molecule has 1 aromatic carbocycles. The number of halogens is 3. The number of amides is 1. The van der Waals surface area contributed by atoms with Crippen LogP contribution in [0.4, 0.5) is 18.9 Å². The van der Waals surface area contributed by atoms with Gasteiger partial charge < -0.3 is 20.5 Å². The van der Waals surface area contributed by atoms with Crippen molar-refractivity contribution in [1.29, 1.82) is 0 Å². The summed E-state index contributed by atoms with van der Waals surface area (Å²) in [7, 11) is 1.25. The third kappa shape index (κ3) is 4.37. The molecule has 3 atom stereocenters. The molecule has 11 heteroatoms. The minimum absolute atomic E-state index is 0.146. The van der Waals surface area contributed by atoms with Crippen LogP contribution in [-0.4, -0.2) is 42.1 Å². The third-order valence-electron chi connectivity index (χ3n) is 4.90. The lowest BCUT2D eigenvalue weighted by Gasteiger charge is -2.42. The van der Waals surface area contributed by atoms with E-state index in [-0.39, 0.29) is 29.8 Å². The topological polar surface area (TPSA) is 111 Å². The Morgan fingerprint density at radius 1 is 1.40 bits per heavy atom. The average Bonchev–Trinajstić information content (AvgIpc) is 2.71. The maximum absolute atomic E-state index is 14.6. The van der Waals surface area contributed by atoms with E-state index in [1.54, 1.807) is 13.8 Å². The van der Waals surface area contributed by atoms with Crippen LogP contribution in [0, 0.1) is 5.82 Å². The second-order valence-corrected chi connectivity index (χ2v) is 7.16. The Balaban J connectivity index is 1.88. The molecule has 0 spiro atoms. The van der Waals surface area contributed by atoms with Gasteiger partial charge in [-0.1, -0.05) is 0 Å². The molecule has 1 aliphatic rings. The van der Waals surface area contributed by atoms with Gasteiger partial charge in [0.15, 0.2) is 5.69 Å². The van der Waals surface area contributed by atoms with Crippen molar-refractivity contribution < 1.29 is 27.4 Å². The lowest BCUT2D eigenvalue weighted by molar-refractivity contribution is -0.0497. The number of carbonyl (C=O) groups is 1. The van der Waals surface area contributed by atoms with Crippen molar-refractivity contribution in [2.45, 2.75) is 38.1 Å². The molecule has 1 fully saturated rings. The Kier molecular flexibility index (Phi) is 6.25. The van der Waals surface area contributed by atoms with Gasteiger partial charge in [0, 0.05) is 17.3 Å². The highest BCUT2D eigenvalue weighted by atomic mass is 19.3. The number of aromatic nitrogens is 2. The number of alkyl halides is 2. The first-order valence-electron chi connectivity index (χ1n) is 9.10. The largest absolute Gasteiger partial charge is 0.480 e. The summed E-state index contributed by atoms with van der Waals surface area (Å²) in [6.45, 7) is 3.66. The van der Waals surface area contributed by atoms with E-state index >= 15 is 0 Å². The number of carbonyl (C=O) groups excluding carboxylic acids is 1. The van der Waals surface area contributed by atoms with Crippen LogP contribution in [0.25, 0.3) is 0 Å². The second kappa shape index (κ2) is 8.54. The molecule has 0 radical (unpaired) electrons. The van der Waals surface area contributed by atoms with Crippen LogP contribution in [0.15, 0.2) is 24.3 Å². The summed E-state index contributed by atoms with van der Waals surface area (Å²) in [6, 6.07) is 4.81. The maximum atomic E-state index is 14.6. The zero-order valence-corrected chi connectivity index (χ0v) is 16.6. The molecular formula is C19H22F3N5O3. The van der Waals surface area contributed by atoms with E-state index in [1.807, 2.05) is 0 Å². The van der Waals surface area contributed by atoms with Gasteiger partial charge in [0.25, 0.3) is 12.3 Å². The number of rotatable bonds is 5. The number of anilines is 1. The molecule has 0 aliphatic carbocycles. The smallest absolute Gasteiger partial charge is 0.276 e. The monoisotopic (exact) mass is 425 g/mol. The Hall–Kier alpha value is -2.76. The average molecular weight is 425 g/mol. The van der Waals surface area contributed by atoms with Gasteiger partial charge >= 0.3 is 0 Å². The Bertz CT molecular complexity index is 946. The first-order valence-corrected chi connectivity index (χ1v) is 9.10.